The van der Waals surface area contributed by atoms with E-state index in [1.165, 1.54) is 30.1 Å². The molecule has 0 saturated carbocycles. The minimum atomic E-state index is -1.00. The van der Waals surface area contributed by atoms with Crippen LogP contribution in [0.15, 0.2) is 30.5 Å². The van der Waals surface area contributed by atoms with E-state index in [0.717, 1.165) is 0 Å². The number of benzene rings is 1. The zero-order valence-corrected chi connectivity index (χ0v) is 27.8. The summed E-state index contributed by atoms with van der Waals surface area (Å²) in [6.45, 7) is 8.18. The number of thioether (sulfide) groups is 1. The zero-order valence-electron chi connectivity index (χ0n) is 23.8. The largest absolute Gasteiger partial charge is 0.508 e. The van der Waals surface area contributed by atoms with E-state index >= 15 is 0 Å². The number of aromatic hydroxyl groups is 1. The van der Waals surface area contributed by atoms with Crippen molar-refractivity contribution in [2.45, 2.75) is 78.6 Å². The highest BCUT2D eigenvalue weighted by atomic mass is 79.9. The predicted octanol–water partition coefficient (Wildman–Crippen LogP) is 2.58. The summed E-state index contributed by atoms with van der Waals surface area (Å²) in [5.74, 6) is -2.02. The molecule has 2 aliphatic rings. The Bertz CT molecular complexity index is 1350. The van der Waals surface area contributed by atoms with Crippen molar-refractivity contribution in [1.29, 1.82) is 0 Å². The Morgan fingerprint density at radius 2 is 1.86 bits per heavy atom. The number of β-lactam (4-membered cyclic amide) rings is 1. The second-order valence-electron chi connectivity index (χ2n) is 11.0. The van der Waals surface area contributed by atoms with E-state index in [1.54, 1.807) is 23.9 Å². The van der Waals surface area contributed by atoms with E-state index < -0.39 is 33.1 Å². The lowest BCUT2D eigenvalue weighted by molar-refractivity contribution is -0.145. The number of halogens is 2. The third-order valence-corrected chi connectivity index (χ3v) is 11.6. The number of fused-ring (bicyclic) bond motifs is 1. The van der Waals surface area contributed by atoms with Crippen LogP contribution in [0.25, 0.3) is 0 Å². The Kier molecular flexibility index (Phi) is 9.62. The monoisotopic (exact) mass is 728 g/mol. The number of nitrogens with one attached hydrogen (secondary N) is 2. The number of esters is 1. The van der Waals surface area contributed by atoms with Crippen LogP contribution in [0.4, 0.5) is 0 Å². The average Bonchev–Trinajstić information content (AvgIpc) is 3.52. The molecule has 12 nitrogen and oxygen atoms in total. The smallest absolute Gasteiger partial charge is 0.328 e. The van der Waals surface area contributed by atoms with Gasteiger partial charge in [-0.15, -0.1) is 16.9 Å². The highest BCUT2D eigenvalue weighted by molar-refractivity contribution is 9.26. The van der Waals surface area contributed by atoms with E-state index in [9.17, 15) is 24.3 Å². The van der Waals surface area contributed by atoms with Crippen LogP contribution in [0.2, 0.25) is 0 Å². The normalized spacial score (nSPS) is 22.4. The molecule has 1 aromatic heterocycles. The van der Waals surface area contributed by atoms with E-state index in [0.29, 0.717) is 18.5 Å². The number of hydrogen-bond donors (Lipinski definition) is 3. The number of phenols is 1. The molecule has 3 N–H and O–H groups in total. The van der Waals surface area contributed by atoms with Gasteiger partial charge in [-0.1, -0.05) is 69.5 Å². The second kappa shape index (κ2) is 12.5. The summed E-state index contributed by atoms with van der Waals surface area (Å²) >= 11 is 8.62. The van der Waals surface area contributed by atoms with Gasteiger partial charge in [0.1, 0.15) is 23.2 Å². The lowest BCUT2D eigenvalue weighted by atomic mass is 9.97. The predicted molar refractivity (Wildman–Crippen MR) is 163 cm³/mol. The van der Waals surface area contributed by atoms with Crippen LogP contribution in [0.5, 0.6) is 5.75 Å². The highest BCUT2D eigenvalue weighted by Crippen LogP contribution is 2.60. The first kappa shape index (κ1) is 32.3. The van der Waals surface area contributed by atoms with E-state index in [2.05, 4.69) is 66.7 Å². The SMILES string of the molecule is CC[C@H](C)[C@H](NC(=O)c1cn(C[C@@H]2N3C(=O)C(Br)(Br)[C@H]3SC2(C)C)nn1)C(=O)N[C@@H](Cc1ccc(O)cc1)C(=O)OC. The van der Waals surface area contributed by atoms with Crippen molar-refractivity contribution in [1.82, 2.24) is 30.5 Å². The molecule has 0 aliphatic carbocycles. The van der Waals surface area contributed by atoms with Gasteiger partial charge in [0.25, 0.3) is 11.8 Å². The van der Waals surface area contributed by atoms with Crippen molar-refractivity contribution in [2.24, 2.45) is 5.92 Å². The third kappa shape index (κ3) is 6.47. The fourth-order valence-corrected chi connectivity index (χ4v) is 7.93. The van der Waals surface area contributed by atoms with Crippen molar-refractivity contribution in [3.63, 3.8) is 0 Å². The van der Waals surface area contributed by atoms with Gasteiger partial charge in [-0.3, -0.25) is 14.4 Å². The summed E-state index contributed by atoms with van der Waals surface area (Å²) in [6, 6.07) is 4.13. The van der Waals surface area contributed by atoms with Crippen LogP contribution in [0, 0.1) is 5.92 Å². The molecule has 3 heterocycles. The molecule has 15 heteroatoms. The quantitative estimate of drug-likeness (QED) is 0.180. The Morgan fingerprint density at radius 1 is 1.19 bits per heavy atom. The maximum Gasteiger partial charge on any atom is 0.328 e. The standard InChI is InChI=1S/C27H34Br2N6O6S/c1-6-14(2)20(22(38)30-17(23(39)41-5)11-15-7-9-16(36)10-8-15)31-21(37)18-12-34(33-32-18)13-19-26(3,4)42-25-27(28,29)24(40)35(19)25/h7-10,12,14,17,19-20,25,36H,6,11,13H2,1-5H3,(H,30,38)(H,31,37)/t14-,17-,19-,20-,25+/m0/s1. The molecule has 1 aromatic carbocycles. The van der Waals surface area contributed by atoms with Crippen molar-refractivity contribution in [2.75, 3.05) is 7.11 Å². The van der Waals surface area contributed by atoms with Gasteiger partial charge in [-0.2, -0.15) is 0 Å². The number of carbonyl (C=O) groups is 4. The Labute approximate surface area is 264 Å². The van der Waals surface area contributed by atoms with Gasteiger partial charge >= 0.3 is 5.97 Å². The number of aromatic nitrogens is 3. The summed E-state index contributed by atoms with van der Waals surface area (Å²) in [4.78, 5) is 53.6. The van der Waals surface area contributed by atoms with Crippen LogP contribution >= 0.6 is 43.6 Å². The molecule has 0 radical (unpaired) electrons. The minimum Gasteiger partial charge on any atom is -0.508 e. The number of alkyl halides is 2. The minimum absolute atomic E-state index is 0.0231. The van der Waals surface area contributed by atoms with Gasteiger partial charge in [-0.05, 0) is 37.5 Å². The molecular weight excluding hydrogens is 696 g/mol. The molecule has 0 unspecified atom stereocenters. The zero-order chi connectivity index (χ0) is 31.0. The van der Waals surface area contributed by atoms with E-state index in [-0.39, 0.29) is 45.9 Å². The second-order valence-corrected chi connectivity index (χ2v) is 16.3. The molecule has 2 aromatic rings. The topological polar surface area (TPSA) is 156 Å². The summed E-state index contributed by atoms with van der Waals surface area (Å²) < 4.78 is 5.37. The van der Waals surface area contributed by atoms with Gasteiger partial charge in [0.15, 0.2) is 8.93 Å². The van der Waals surface area contributed by atoms with Crippen LogP contribution in [-0.2, 0) is 32.1 Å². The lowest BCUT2D eigenvalue weighted by Gasteiger charge is -2.47. The summed E-state index contributed by atoms with van der Waals surface area (Å²) in [7, 11) is 1.23. The number of ether oxygens (including phenoxy) is 1. The third-order valence-electron chi connectivity index (χ3n) is 7.73. The molecule has 0 bridgehead atoms. The number of hydrogen-bond acceptors (Lipinski definition) is 9. The molecule has 42 heavy (non-hydrogen) atoms. The van der Waals surface area contributed by atoms with Crippen molar-refractivity contribution in [3.8, 4) is 5.75 Å². The van der Waals surface area contributed by atoms with Gasteiger partial charge in [0.2, 0.25) is 5.91 Å². The molecule has 5 atom stereocenters. The first-order valence-corrected chi connectivity index (χ1v) is 15.9. The number of phenolic OH excluding ortho intramolecular Hbond substituents is 1. The fourth-order valence-electron chi connectivity index (χ4n) is 4.99. The van der Waals surface area contributed by atoms with Crippen LogP contribution in [0.3, 0.4) is 0 Å². The number of rotatable bonds is 11. The Balaban J connectivity index is 1.44. The van der Waals surface area contributed by atoms with E-state index in [1.807, 2.05) is 18.7 Å². The number of nitrogens with zero attached hydrogens (tertiary/aromatic N) is 4. The lowest BCUT2D eigenvalue weighted by Crippen LogP contribution is -2.67. The number of amides is 3. The molecule has 3 amide bonds. The molecule has 2 fully saturated rings. The average molecular weight is 730 g/mol. The number of carbonyl (C=O) groups excluding carboxylic acids is 4. The molecule has 0 spiro atoms. The van der Waals surface area contributed by atoms with Crippen LogP contribution in [-0.4, -0.2) is 87.3 Å². The molecule has 2 aliphatic heterocycles. The maximum atomic E-state index is 13.4. The molecule has 4 rings (SSSR count). The van der Waals surface area contributed by atoms with Crippen molar-refractivity contribution < 1.29 is 29.0 Å². The van der Waals surface area contributed by atoms with Gasteiger partial charge in [0, 0.05) is 11.2 Å². The van der Waals surface area contributed by atoms with Crippen LogP contribution in [0.1, 0.15) is 50.2 Å². The van der Waals surface area contributed by atoms with Gasteiger partial charge in [-0.25, -0.2) is 9.48 Å². The first-order chi connectivity index (χ1) is 19.7. The van der Waals surface area contributed by atoms with Crippen molar-refractivity contribution >= 4 is 67.3 Å². The highest BCUT2D eigenvalue weighted by Gasteiger charge is 2.68. The summed E-state index contributed by atoms with van der Waals surface area (Å²) in [6.07, 6.45) is 2.21. The molecular formula is C27H34Br2N6O6S. The molecule has 228 valence electrons. The maximum absolute atomic E-state index is 13.4. The fraction of sp³-hybridized carbons (Fsp3) is 0.556. The van der Waals surface area contributed by atoms with Crippen LogP contribution < -0.4 is 10.6 Å². The van der Waals surface area contributed by atoms with Gasteiger partial charge in [0.05, 0.1) is 25.9 Å². The summed E-state index contributed by atoms with van der Waals surface area (Å²) in [5, 5.41) is 23.1. The Morgan fingerprint density at radius 3 is 2.48 bits per heavy atom. The van der Waals surface area contributed by atoms with Crippen molar-refractivity contribution in [3.05, 3.63) is 41.7 Å². The molecule has 2 saturated heterocycles. The summed E-state index contributed by atoms with van der Waals surface area (Å²) in [5.41, 5.74) is 0.729. The number of methoxy groups -OCH3 is 1. The van der Waals surface area contributed by atoms with E-state index in [4.69, 9.17) is 4.74 Å². The first-order valence-electron chi connectivity index (χ1n) is 13.4. The van der Waals surface area contributed by atoms with Gasteiger partial charge < -0.3 is 25.4 Å². The Hall–Kier alpha value is -2.65.